The zero-order valence-electron chi connectivity index (χ0n) is 7.11. The minimum Gasteiger partial charge on any atom is -0.347 e. The molecule has 0 heterocycles. The van der Waals surface area contributed by atoms with Crippen LogP contribution in [0.25, 0.3) is 0 Å². The monoisotopic (exact) mass is 218 g/mol. The fourth-order valence-corrected chi connectivity index (χ4v) is 0.580. The quantitative estimate of drug-likeness (QED) is 0.257. The van der Waals surface area contributed by atoms with E-state index in [-0.39, 0.29) is 6.79 Å². The minimum absolute atomic E-state index is 0.249. The molecule has 0 aliphatic carbocycles. The number of ether oxygens (including phenoxy) is 1. The molecule has 0 rings (SSSR count). The van der Waals surface area contributed by atoms with Crippen LogP contribution in [-0.4, -0.2) is 17.3 Å². The molecule has 0 aromatic rings. The van der Waals surface area contributed by atoms with E-state index in [1.54, 1.807) is 20.8 Å². The molecule has 0 aromatic carbocycles. The number of hydrogen-bond donors (Lipinski definition) is 1. The first-order valence-corrected chi connectivity index (χ1v) is 5.66. The molecule has 0 aliphatic rings. The van der Waals surface area contributed by atoms with Crippen molar-refractivity contribution in [3.8, 4) is 0 Å². The molecule has 0 radical (unpaired) electrons. The first-order chi connectivity index (χ1) is 5.21. The zero-order chi connectivity index (χ0) is 9.83. The van der Waals surface area contributed by atoms with Crippen LogP contribution in [0.1, 0.15) is 20.8 Å². The van der Waals surface area contributed by atoms with Gasteiger partial charge in [-0.2, -0.15) is 4.89 Å². The van der Waals surface area contributed by atoms with Gasteiger partial charge in [-0.1, -0.05) is 0 Å². The van der Waals surface area contributed by atoms with Crippen LogP contribution in [0.5, 0.6) is 0 Å². The largest absolute Gasteiger partial charge is 0.448 e. The highest BCUT2D eigenvalue weighted by molar-refractivity contribution is 7.80. The van der Waals surface area contributed by atoms with Crippen LogP contribution in [0.15, 0.2) is 0 Å². The van der Waals surface area contributed by atoms with Crippen molar-refractivity contribution in [1.82, 2.24) is 0 Å². The normalized spacial score (nSPS) is 17.4. The van der Waals surface area contributed by atoms with Crippen molar-refractivity contribution in [2.24, 2.45) is 0 Å². The zero-order valence-corrected chi connectivity index (χ0v) is 8.76. The van der Waals surface area contributed by atoms with E-state index in [1.807, 2.05) is 0 Å². The fourth-order valence-electron chi connectivity index (χ4n) is 0.287. The van der Waals surface area contributed by atoms with E-state index in [1.165, 1.54) is 0 Å². The highest BCUT2D eigenvalue weighted by Crippen LogP contribution is 2.47. The van der Waals surface area contributed by atoms with Crippen molar-refractivity contribution >= 4 is 18.2 Å². The van der Waals surface area contributed by atoms with Gasteiger partial charge in [-0.15, -0.1) is 4.67 Å². The second-order valence-corrected chi connectivity index (χ2v) is 5.35. The van der Waals surface area contributed by atoms with E-state index >= 15 is 0 Å². The maximum Gasteiger partial charge on any atom is 0.448 e. The molecule has 0 aliphatic heterocycles. The maximum absolute atomic E-state index is 10.3. The van der Waals surface area contributed by atoms with Crippen molar-refractivity contribution in [1.29, 1.82) is 0 Å². The topological polar surface area (TPSA) is 65.0 Å². The molecule has 0 saturated heterocycles. The van der Waals surface area contributed by atoms with Gasteiger partial charge in [0.25, 0.3) is 0 Å². The van der Waals surface area contributed by atoms with E-state index in [2.05, 4.69) is 9.56 Å². The third-order valence-corrected chi connectivity index (χ3v) is 1.14. The molecule has 5 nitrogen and oxygen atoms in total. The Kier molecular flexibility index (Phi) is 4.69. The molecule has 0 bridgehead atoms. The summed E-state index contributed by atoms with van der Waals surface area (Å²) in [6, 6.07) is 0. The third kappa shape index (κ3) is 10.4. The fraction of sp³-hybridized carbons (Fsp3) is 1.00. The van der Waals surface area contributed by atoms with Crippen LogP contribution in [0.4, 0.5) is 0 Å². The second-order valence-electron chi connectivity index (χ2n) is 3.02. The van der Waals surface area contributed by atoms with Gasteiger partial charge >= 0.3 is 6.95 Å². The minimum atomic E-state index is -4.08. The molecular weight excluding hydrogens is 206 g/mol. The second kappa shape index (κ2) is 4.56. The summed E-state index contributed by atoms with van der Waals surface area (Å²) >= 11 is 4.79. The lowest BCUT2D eigenvalue weighted by molar-refractivity contribution is -0.286. The van der Waals surface area contributed by atoms with Crippen LogP contribution in [0.3, 0.4) is 0 Å². The highest BCUT2D eigenvalue weighted by atomic mass is 35.7. The Morgan fingerprint density at radius 2 is 2.00 bits per heavy atom. The average molecular weight is 219 g/mol. The van der Waals surface area contributed by atoms with Gasteiger partial charge in [-0.3, -0.25) is 0 Å². The van der Waals surface area contributed by atoms with Crippen LogP contribution >= 0.6 is 18.2 Å². The Hall–Kier alpha value is 0.360. The lowest BCUT2D eigenvalue weighted by Crippen LogP contribution is -2.20. The molecule has 0 fully saturated rings. The van der Waals surface area contributed by atoms with Crippen LogP contribution in [0.2, 0.25) is 0 Å². The van der Waals surface area contributed by atoms with E-state index in [9.17, 15) is 4.57 Å². The van der Waals surface area contributed by atoms with Crippen molar-refractivity contribution in [3.05, 3.63) is 0 Å². The van der Waals surface area contributed by atoms with Gasteiger partial charge in [0.15, 0.2) is 6.79 Å². The van der Waals surface area contributed by atoms with Gasteiger partial charge in [0.1, 0.15) is 0 Å². The molecule has 0 aromatic heterocycles. The van der Waals surface area contributed by atoms with Crippen LogP contribution < -0.4 is 0 Å². The molecular formula is C5H12ClO5P. The lowest BCUT2D eigenvalue weighted by Gasteiger charge is -2.18. The van der Waals surface area contributed by atoms with Gasteiger partial charge in [-0.05, 0) is 20.8 Å². The molecule has 1 atom stereocenters. The maximum atomic E-state index is 10.3. The van der Waals surface area contributed by atoms with E-state index in [0.717, 1.165) is 0 Å². The SMILES string of the molecule is CC(C)(C)OCOOP(=O)(O)Cl. The van der Waals surface area contributed by atoms with Crippen molar-refractivity contribution in [2.45, 2.75) is 26.4 Å². The van der Waals surface area contributed by atoms with Gasteiger partial charge in [0.05, 0.1) is 5.60 Å². The summed E-state index contributed by atoms with van der Waals surface area (Å²) in [5.74, 6) is 0. The molecule has 74 valence electrons. The van der Waals surface area contributed by atoms with Gasteiger partial charge < -0.3 is 9.63 Å². The summed E-state index contributed by atoms with van der Waals surface area (Å²) in [6.07, 6.45) is 0. The summed E-state index contributed by atoms with van der Waals surface area (Å²) in [4.78, 5) is 12.6. The van der Waals surface area contributed by atoms with Gasteiger partial charge in [-0.25, -0.2) is 4.57 Å². The Labute approximate surface area is 75.8 Å². The molecule has 7 heteroatoms. The molecule has 0 amide bonds. The smallest absolute Gasteiger partial charge is 0.347 e. The van der Waals surface area contributed by atoms with Crippen molar-refractivity contribution in [2.75, 3.05) is 6.79 Å². The summed E-state index contributed by atoms with van der Waals surface area (Å²) in [7, 11) is 0. The predicted octanol–water partition coefficient (Wildman–Crippen LogP) is 2.05. The van der Waals surface area contributed by atoms with Crippen LogP contribution in [-0.2, 0) is 18.9 Å². The summed E-state index contributed by atoms with van der Waals surface area (Å²) in [5, 5.41) is 0. The Balaban J connectivity index is 3.41. The number of halogens is 1. The summed E-state index contributed by atoms with van der Waals surface area (Å²) < 4.78 is 19.1. The van der Waals surface area contributed by atoms with Crippen molar-refractivity contribution < 1.29 is 23.8 Å². The molecule has 1 unspecified atom stereocenters. The summed E-state index contributed by atoms with van der Waals surface area (Å²) in [5.41, 5.74) is -0.394. The molecule has 0 spiro atoms. The first kappa shape index (κ1) is 12.4. The van der Waals surface area contributed by atoms with E-state index in [4.69, 9.17) is 20.9 Å². The summed E-state index contributed by atoms with van der Waals surface area (Å²) in [6.45, 7) is 1.08. The highest BCUT2D eigenvalue weighted by Gasteiger charge is 2.16. The predicted molar refractivity (Wildman–Crippen MR) is 43.6 cm³/mol. The molecule has 1 N–H and O–H groups in total. The molecule has 12 heavy (non-hydrogen) atoms. The average Bonchev–Trinajstić information content (AvgIpc) is 1.76. The number of hydrogen-bond acceptors (Lipinski definition) is 4. The Bertz CT molecular complexity index is 171. The lowest BCUT2D eigenvalue weighted by atomic mass is 10.2. The number of rotatable bonds is 4. The van der Waals surface area contributed by atoms with Gasteiger partial charge in [0.2, 0.25) is 0 Å². The first-order valence-electron chi connectivity index (χ1n) is 3.18. The van der Waals surface area contributed by atoms with E-state index in [0.29, 0.717) is 0 Å². The Morgan fingerprint density at radius 3 is 2.33 bits per heavy atom. The van der Waals surface area contributed by atoms with Crippen molar-refractivity contribution in [3.63, 3.8) is 0 Å². The Morgan fingerprint density at radius 1 is 1.50 bits per heavy atom. The van der Waals surface area contributed by atoms with E-state index < -0.39 is 12.5 Å². The third-order valence-electron chi connectivity index (χ3n) is 0.685. The standard InChI is InChI=1S/C5H12ClO5P/c1-5(2,3)9-4-10-11-12(6,7)8/h4H2,1-3H3,(H,7,8). The van der Waals surface area contributed by atoms with Crippen LogP contribution in [0, 0.1) is 0 Å². The van der Waals surface area contributed by atoms with Gasteiger partial charge in [0, 0.05) is 11.2 Å². The molecule has 0 saturated carbocycles.